The normalized spacial score (nSPS) is 19.4. The molecular formula is C15H23N3O2S. The average Bonchev–Trinajstić information content (AvgIpc) is 2.77. The van der Waals surface area contributed by atoms with Gasteiger partial charge in [-0.2, -0.15) is 0 Å². The van der Waals surface area contributed by atoms with Crippen LogP contribution in [0.2, 0.25) is 0 Å². The lowest BCUT2D eigenvalue weighted by Gasteiger charge is -2.28. The Morgan fingerprint density at radius 3 is 2.62 bits per heavy atom. The Labute approximate surface area is 129 Å². The second-order valence-electron chi connectivity index (χ2n) is 7.03. The monoisotopic (exact) mass is 309 g/mol. The molecule has 1 aromatic heterocycles. The maximum Gasteiger partial charge on any atom is 0.248 e. The zero-order valence-electron chi connectivity index (χ0n) is 13.3. The van der Waals surface area contributed by atoms with Crippen molar-refractivity contribution in [2.45, 2.75) is 58.5 Å². The third-order valence-electron chi connectivity index (χ3n) is 3.53. The van der Waals surface area contributed by atoms with Gasteiger partial charge >= 0.3 is 0 Å². The molecule has 2 amide bonds. The predicted molar refractivity (Wildman–Crippen MR) is 83.1 cm³/mol. The second-order valence-corrected chi connectivity index (χ2v) is 7.97. The third kappa shape index (κ3) is 3.61. The number of nitrogens with zero attached hydrogens (tertiary/aromatic N) is 2. The zero-order chi connectivity index (χ0) is 15.8. The number of rotatable bonds is 2. The SMILES string of the molecule is CC1(C)NC(=O)CCN(Cc2nc(C(C)(C)C)cs2)C1=O. The molecule has 21 heavy (non-hydrogen) atoms. The van der Waals surface area contributed by atoms with Crippen LogP contribution >= 0.6 is 11.3 Å². The first kappa shape index (κ1) is 15.9. The highest BCUT2D eigenvalue weighted by Gasteiger charge is 2.36. The fourth-order valence-corrected chi connectivity index (χ4v) is 3.28. The minimum Gasteiger partial charge on any atom is -0.342 e. The van der Waals surface area contributed by atoms with Gasteiger partial charge < -0.3 is 10.2 Å². The van der Waals surface area contributed by atoms with Crippen LogP contribution in [0.5, 0.6) is 0 Å². The summed E-state index contributed by atoms with van der Waals surface area (Å²) >= 11 is 1.57. The minimum atomic E-state index is -0.850. The number of hydrogen-bond donors (Lipinski definition) is 1. The molecular weight excluding hydrogens is 286 g/mol. The Balaban J connectivity index is 2.16. The smallest absolute Gasteiger partial charge is 0.248 e. The highest BCUT2D eigenvalue weighted by molar-refractivity contribution is 7.09. The lowest BCUT2D eigenvalue weighted by molar-refractivity contribution is -0.137. The summed E-state index contributed by atoms with van der Waals surface area (Å²) in [6, 6.07) is 0. The molecule has 0 radical (unpaired) electrons. The van der Waals surface area contributed by atoms with Crippen LogP contribution in [0.25, 0.3) is 0 Å². The highest BCUT2D eigenvalue weighted by atomic mass is 32.1. The van der Waals surface area contributed by atoms with E-state index in [4.69, 9.17) is 0 Å². The summed E-state index contributed by atoms with van der Waals surface area (Å²) in [5.74, 6) is -0.133. The quantitative estimate of drug-likeness (QED) is 0.909. The lowest BCUT2D eigenvalue weighted by Crippen LogP contribution is -2.52. The number of hydrogen-bond acceptors (Lipinski definition) is 4. The number of thiazole rings is 1. The van der Waals surface area contributed by atoms with E-state index in [1.807, 2.05) is 5.38 Å². The van der Waals surface area contributed by atoms with Gasteiger partial charge in [-0.3, -0.25) is 9.59 Å². The van der Waals surface area contributed by atoms with E-state index in [2.05, 4.69) is 31.1 Å². The Morgan fingerprint density at radius 1 is 1.38 bits per heavy atom. The molecule has 1 aliphatic rings. The summed E-state index contributed by atoms with van der Waals surface area (Å²) in [7, 11) is 0. The summed E-state index contributed by atoms with van der Waals surface area (Å²) in [6.45, 7) is 10.8. The van der Waals surface area contributed by atoms with Crippen LogP contribution in [0.1, 0.15) is 51.7 Å². The van der Waals surface area contributed by atoms with Gasteiger partial charge in [-0.1, -0.05) is 20.8 Å². The molecule has 0 aliphatic carbocycles. The van der Waals surface area contributed by atoms with Crippen molar-refractivity contribution in [3.8, 4) is 0 Å². The number of amides is 2. The molecule has 0 spiro atoms. The van der Waals surface area contributed by atoms with Gasteiger partial charge in [0.15, 0.2) is 0 Å². The van der Waals surface area contributed by atoms with Crippen LogP contribution in [0.4, 0.5) is 0 Å². The van der Waals surface area contributed by atoms with Crippen LogP contribution < -0.4 is 5.32 Å². The van der Waals surface area contributed by atoms with E-state index in [1.165, 1.54) is 0 Å². The van der Waals surface area contributed by atoms with Gasteiger partial charge in [0.25, 0.3) is 0 Å². The maximum absolute atomic E-state index is 12.5. The largest absolute Gasteiger partial charge is 0.342 e. The lowest BCUT2D eigenvalue weighted by atomic mass is 9.93. The Morgan fingerprint density at radius 2 is 2.05 bits per heavy atom. The van der Waals surface area contributed by atoms with Crippen molar-refractivity contribution in [3.63, 3.8) is 0 Å². The molecule has 5 nitrogen and oxygen atoms in total. The van der Waals surface area contributed by atoms with Crippen molar-refractivity contribution in [1.82, 2.24) is 15.2 Å². The number of aromatic nitrogens is 1. The summed E-state index contributed by atoms with van der Waals surface area (Å²) < 4.78 is 0. The van der Waals surface area contributed by atoms with Gasteiger partial charge in [-0.15, -0.1) is 11.3 Å². The molecule has 1 saturated heterocycles. The molecule has 0 bridgehead atoms. The molecule has 1 aromatic rings. The van der Waals surface area contributed by atoms with E-state index in [0.29, 0.717) is 19.5 Å². The number of carbonyl (C=O) groups excluding carboxylic acids is 2. The van der Waals surface area contributed by atoms with Crippen LogP contribution in [-0.2, 0) is 21.5 Å². The average molecular weight is 309 g/mol. The second kappa shape index (κ2) is 5.40. The van der Waals surface area contributed by atoms with Crippen molar-refractivity contribution < 1.29 is 9.59 Å². The minimum absolute atomic E-state index is 0.00827. The molecule has 0 aromatic carbocycles. The van der Waals surface area contributed by atoms with Crippen molar-refractivity contribution >= 4 is 23.2 Å². The topological polar surface area (TPSA) is 62.3 Å². The van der Waals surface area contributed by atoms with Crippen LogP contribution in [0.15, 0.2) is 5.38 Å². The number of carbonyl (C=O) groups is 2. The molecule has 1 N–H and O–H groups in total. The standard InChI is InChI=1S/C15H23N3O2S/c1-14(2,3)10-9-21-12(16-10)8-18-7-6-11(19)17-15(4,5)13(18)20/h9H,6-8H2,1-5H3,(H,17,19). The Kier molecular flexibility index (Phi) is 4.10. The van der Waals surface area contributed by atoms with E-state index >= 15 is 0 Å². The van der Waals surface area contributed by atoms with Crippen LogP contribution in [-0.4, -0.2) is 33.8 Å². The molecule has 0 atom stereocenters. The van der Waals surface area contributed by atoms with Crippen LogP contribution in [0.3, 0.4) is 0 Å². The zero-order valence-corrected chi connectivity index (χ0v) is 14.1. The van der Waals surface area contributed by atoms with E-state index in [0.717, 1.165) is 10.7 Å². The van der Waals surface area contributed by atoms with E-state index in [9.17, 15) is 9.59 Å². The maximum atomic E-state index is 12.5. The molecule has 2 heterocycles. The van der Waals surface area contributed by atoms with E-state index < -0.39 is 5.54 Å². The van der Waals surface area contributed by atoms with Gasteiger partial charge in [0, 0.05) is 23.8 Å². The van der Waals surface area contributed by atoms with Crippen molar-refractivity contribution in [3.05, 3.63) is 16.1 Å². The van der Waals surface area contributed by atoms with Gasteiger partial charge in [-0.05, 0) is 13.8 Å². The first-order valence-corrected chi connectivity index (χ1v) is 8.03. The summed E-state index contributed by atoms with van der Waals surface area (Å²) in [5.41, 5.74) is 0.199. The number of nitrogens with one attached hydrogen (secondary N) is 1. The molecule has 0 unspecified atom stereocenters. The van der Waals surface area contributed by atoms with Crippen molar-refractivity contribution in [2.75, 3.05) is 6.54 Å². The highest BCUT2D eigenvalue weighted by Crippen LogP contribution is 2.25. The Hall–Kier alpha value is -1.43. The Bertz CT molecular complexity index is 558. The van der Waals surface area contributed by atoms with Crippen LogP contribution in [0, 0.1) is 0 Å². The molecule has 2 rings (SSSR count). The fourth-order valence-electron chi connectivity index (χ4n) is 2.24. The molecule has 116 valence electrons. The fraction of sp³-hybridized carbons (Fsp3) is 0.667. The van der Waals surface area contributed by atoms with Gasteiger partial charge in [-0.25, -0.2) is 4.98 Å². The first-order valence-electron chi connectivity index (χ1n) is 7.15. The van der Waals surface area contributed by atoms with E-state index in [-0.39, 0.29) is 17.2 Å². The summed E-state index contributed by atoms with van der Waals surface area (Å²) in [5, 5.41) is 5.73. The first-order chi connectivity index (χ1) is 9.59. The predicted octanol–water partition coefficient (Wildman–Crippen LogP) is 2.07. The molecule has 1 fully saturated rings. The van der Waals surface area contributed by atoms with Gasteiger partial charge in [0.1, 0.15) is 10.5 Å². The summed E-state index contributed by atoms with van der Waals surface area (Å²) in [6.07, 6.45) is 0.340. The molecule has 1 aliphatic heterocycles. The van der Waals surface area contributed by atoms with Gasteiger partial charge in [0.05, 0.1) is 12.2 Å². The van der Waals surface area contributed by atoms with E-state index in [1.54, 1.807) is 30.1 Å². The molecule has 0 saturated carbocycles. The molecule has 6 heteroatoms. The third-order valence-corrected chi connectivity index (χ3v) is 4.36. The van der Waals surface area contributed by atoms with Crippen molar-refractivity contribution in [2.24, 2.45) is 0 Å². The van der Waals surface area contributed by atoms with Gasteiger partial charge in [0.2, 0.25) is 11.8 Å². The van der Waals surface area contributed by atoms with Crippen molar-refractivity contribution in [1.29, 1.82) is 0 Å². The summed E-state index contributed by atoms with van der Waals surface area (Å²) in [4.78, 5) is 30.5.